The number of fused-ring (bicyclic) bond motifs is 2. The fraction of sp³-hybridized carbons (Fsp3) is 0. The minimum Gasteiger partial charge on any atom is -0.502 e. The first-order valence-electron chi connectivity index (χ1n) is 7.47. The molecule has 0 saturated carbocycles. The molecular weight excluding hydrogens is 322 g/mol. The van der Waals surface area contributed by atoms with Crippen LogP contribution >= 0.6 is 0 Å². The van der Waals surface area contributed by atoms with Gasteiger partial charge in [-0.25, -0.2) is 0 Å². The van der Waals surface area contributed by atoms with Crippen LogP contribution in [0, 0.1) is 10.1 Å². The Morgan fingerprint density at radius 2 is 1.68 bits per heavy atom. The summed E-state index contributed by atoms with van der Waals surface area (Å²) in [6.07, 6.45) is 0. The second kappa shape index (κ2) is 5.45. The minimum atomic E-state index is -0.679. The molecule has 0 aliphatic heterocycles. The number of nitro groups is 1. The summed E-state index contributed by atoms with van der Waals surface area (Å²) in [6.45, 7) is 0. The van der Waals surface area contributed by atoms with Gasteiger partial charge >= 0.3 is 5.69 Å². The Balaban J connectivity index is 1.94. The zero-order valence-corrected chi connectivity index (χ0v) is 12.8. The van der Waals surface area contributed by atoms with Gasteiger partial charge in [0.05, 0.1) is 10.3 Å². The van der Waals surface area contributed by atoms with Crippen molar-refractivity contribution < 1.29 is 14.4 Å². The Kier molecular flexibility index (Phi) is 3.25. The molecule has 0 amide bonds. The molecular formula is C19H11NO5. The highest BCUT2D eigenvalue weighted by molar-refractivity contribution is 5.96. The third-order valence-corrected chi connectivity index (χ3v) is 4.05. The van der Waals surface area contributed by atoms with Gasteiger partial charge in [0.15, 0.2) is 11.2 Å². The van der Waals surface area contributed by atoms with Crippen LogP contribution in [0.5, 0.6) is 5.75 Å². The lowest BCUT2D eigenvalue weighted by atomic mass is 10.1. The predicted molar refractivity (Wildman–Crippen MR) is 93.7 cm³/mol. The summed E-state index contributed by atoms with van der Waals surface area (Å²) < 4.78 is 5.81. The molecule has 0 aliphatic carbocycles. The van der Waals surface area contributed by atoms with Crippen molar-refractivity contribution in [3.8, 4) is 17.1 Å². The van der Waals surface area contributed by atoms with E-state index < -0.39 is 16.4 Å². The monoisotopic (exact) mass is 333 g/mol. The van der Waals surface area contributed by atoms with E-state index in [1.54, 1.807) is 12.1 Å². The SMILES string of the molecule is O=c1cc(-c2ccc([N+](=O)[O-])c(O)c2)oc2cc3ccccc3cc12. The minimum absolute atomic E-state index is 0.222. The lowest BCUT2D eigenvalue weighted by Crippen LogP contribution is -2.00. The number of phenols is 1. The molecule has 3 aromatic carbocycles. The van der Waals surface area contributed by atoms with E-state index in [4.69, 9.17) is 4.42 Å². The zero-order valence-electron chi connectivity index (χ0n) is 12.8. The normalized spacial score (nSPS) is 11.0. The highest BCUT2D eigenvalue weighted by Gasteiger charge is 2.15. The number of nitrogens with zero attached hydrogens (tertiary/aromatic N) is 1. The van der Waals surface area contributed by atoms with Crippen LogP contribution in [0.15, 0.2) is 69.9 Å². The van der Waals surface area contributed by atoms with Crippen molar-refractivity contribution in [1.29, 1.82) is 0 Å². The molecule has 25 heavy (non-hydrogen) atoms. The van der Waals surface area contributed by atoms with Gasteiger partial charge in [0, 0.05) is 17.7 Å². The van der Waals surface area contributed by atoms with Gasteiger partial charge < -0.3 is 9.52 Å². The van der Waals surface area contributed by atoms with Crippen molar-refractivity contribution in [1.82, 2.24) is 0 Å². The second-order valence-electron chi connectivity index (χ2n) is 5.63. The van der Waals surface area contributed by atoms with Crippen LogP contribution < -0.4 is 5.43 Å². The Hall–Kier alpha value is -3.67. The summed E-state index contributed by atoms with van der Waals surface area (Å²) in [5, 5.41) is 22.9. The largest absolute Gasteiger partial charge is 0.502 e. The molecule has 0 atom stereocenters. The van der Waals surface area contributed by atoms with E-state index in [9.17, 15) is 20.0 Å². The third-order valence-electron chi connectivity index (χ3n) is 4.05. The smallest absolute Gasteiger partial charge is 0.310 e. The van der Waals surface area contributed by atoms with Crippen LogP contribution in [0.25, 0.3) is 33.1 Å². The van der Waals surface area contributed by atoms with Crippen molar-refractivity contribution >= 4 is 27.4 Å². The number of rotatable bonds is 2. The summed E-state index contributed by atoms with van der Waals surface area (Å²) in [4.78, 5) is 22.6. The lowest BCUT2D eigenvalue weighted by molar-refractivity contribution is -0.385. The standard InChI is InChI=1S/C19H11NO5/c21-16-10-18(13-5-6-15(20(23)24)17(22)8-13)25-19-9-12-4-2-1-3-11(12)7-14(16)19/h1-10,22H. The van der Waals surface area contributed by atoms with Crippen molar-refractivity contribution in [2.24, 2.45) is 0 Å². The van der Waals surface area contributed by atoms with Crippen molar-refractivity contribution in [2.75, 3.05) is 0 Å². The van der Waals surface area contributed by atoms with Crippen molar-refractivity contribution in [2.45, 2.75) is 0 Å². The van der Waals surface area contributed by atoms with Crippen LogP contribution in [-0.2, 0) is 0 Å². The van der Waals surface area contributed by atoms with Gasteiger partial charge in [-0.15, -0.1) is 0 Å². The first-order valence-corrected chi connectivity index (χ1v) is 7.47. The van der Waals surface area contributed by atoms with Crippen molar-refractivity contribution in [3.05, 3.63) is 81.0 Å². The Morgan fingerprint density at radius 3 is 2.36 bits per heavy atom. The first kappa shape index (κ1) is 14.9. The highest BCUT2D eigenvalue weighted by Crippen LogP contribution is 2.32. The first-order chi connectivity index (χ1) is 12.0. The molecule has 0 fully saturated rings. The van der Waals surface area contributed by atoms with Crippen LogP contribution in [0.3, 0.4) is 0 Å². The average Bonchev–Trinajstić information content (AvgIpc) is 2.59. The Morgan fingerprint density at radius 1 is 0.960 bits per heavy atom. The fourth-order valence-corrected chi connectivity index (χ4v) is 2.81. The van der Waals surface area contributed by atoms with Gasteiger partial charge in [-0.1, -0.05) is 24.3 Å². The van der Waals surface area contributed by atoms with Gasteiger partial charge in [-0.2, -0.15) is 0 Å². The fourth-order valence-electron chi connectivity index (χ4n) is 2.81. The number of phenolic OH excluding ortho intramolecular Hbond substituents is 1. The summed E-state index contributed by atoms with van der Waals surface area (Å²) in [6, 6.07) is 16.3. The number of hydrogen-bond donors (Lipinski definition) is 1. The molecule has 1 N–H and O–H groups in total. The maximum absolute atomic E-state index is 12.4. The summed E-state index contributed by atoms with van der Waals surface area (Å²) in [5.41, 5.74) is 0.173. The van der Waals surface area contributed by atoms with Crippen molar-refractivity contribution in [3.63, 3.8) is 0 Å². The summed E-state index contributed by atoms with van der Waals surface area (Å²) in [7, 11) is 0. The topological polar surface area (TPSA) is 93.6 Å². The highest BCUT2D eigenvalue weighted by atomic mass is 16.6. The van der Waals surface area contributed by atoms with E-state index in [1.165, 1.54) is 24.3 Å². The number of nitro benzene ring substituents is 1. The van der Waals surface area contributed by atoms with E-state index in [0.29, 0.717) is 16.5 Å². The van der Waals surface area contributed by atoms with Crippen LogP contribution in [0.4, 0.5) is 5.69 Å². The molecule has 1 heterocycles. The van der Waals surface area contributed by atoms with E-state index in [1.807, 2.05) is 24.3 Å². The molecule has 122 valence electrons. The maximum atomic E-state index is 12.4. The molecule has 6 heteroatoms. The predicted octanol–water partition coefficient (Wildman–Crippen LogP) is 4.23. The molecule has 1 aromatic heterocycles. The molecule has 0 radical (unpaired) electrons. The average molecular weight is 333 g/mol. The van der Waals surface area contributed by atoms with E-state index >= 15 is 0 Å². The van der Waals surface area contributed by atoms with Gasteiger partial charge in [-0.3, -0.25) is 14.9 Å². The van der Waals surface area contributed by atoms with Crippen LogP contribution in [0.2, 0.25) is 0 Å². The molecule has 4 aromatic rings. The van der Waals surface area contributed by atoms with E-state index in [2.05, 4.69) is 0 Å². The number of aromatic hydroxyl groups is 1. The number of hydrogen-bond acceptors (Lipinski definition) is 5. The zero-order chi connectivity index (χ0) is 17.6. The van der Waals surface area contributed by atoms with Gasteiger partial charge in [-0.05, 0) is 35.0 Å². The Labute approximate surface area is 140 Å². The molecule has 6 nitrogen and oxygen atoms in total. The lowest BCUT2D eigenvalue weighted by Gasteiger charge is -2.05. The Bertz CT molecular complexity index is 1210. The molecule has 0 bridgehead atoms. The maximum Gasteiger partial charge on any atom is 0.310 e. The van der Waals surface area contributed by atoms with Gasteiger partial charge in [0.1, 0.15) is 11.3 Å². The van der Waals surface area contributed by atoms with Gasteiger partial charge in [0.2, 0.25) is 0 Å². The van der Waals surface area contributed by atoms with E-state index in [-0.39, 0.29) is 11.2 Å². The second-order valence-corrected chi connectivity index (χ2v) is 5.63. The molecule has 4 rings (SSSR count). The molecule has 0 spiro atoms. The van der Waals surface area contributed by atoms with Gasteiger partial charge in [0.25, 0.3) is 0 Å². The third kappa shape index (κ3) is 2.49. The molecule has 0 saturated heterocycles. The number of benzene rings is 3. The quantitative estimate of drug-likeness (QED) is 0.336. The molecule has 0 unspecified atom stereocenters. The van der Waals surface area contributed by atoms with Crippen LogP contribution in [0.1, 0.15) is 0 Å². The molecule has 0 aliphatic rings. The summed E-state index contributed by atoms with van der Waals surface area (Å²) >= 11 is 0. The van der Waals surface area contributed by atoms with E-state index in [0.717, 1.165) is 10.8 Å². The van der Waals surface area contributed by atoms with Crippen LogP contribution in [-0.4, -0.2) is 10.0 Å². The summed E-state index contributed by atoms with van der Waals surface area (Å²) in [5.74, 6) is -0.248.